The van der Waals surface area contributed by atoms with Crippen LogP contribution in [0.1, 0.15) is 18.4 Å². The van der Waals surface area contributed by atoms with E-state index in [2.05, 4.69) is 10.2 Å². The number of anilines is 1. The van der Waals surface area contributed by atoms with Crippen molar-refractivity contribution in [3.63, 3.8) is 0 Å². The van der Waals surface area contributed by atoms with Crippen molar-refractivity contribution in [1.82, 2.24) is 9.80 Å². The summed E-state index contributed by atoms with van der Waals surface area (Å²) in [6.07, 6.45) is -2.15. The van der Waals surface area contributed by atoms with E-state index in [4.69, 9.17) is 0 Å². The van der Waals surface area contributed by atoms with Gasteiger partial charge in [0.15, 0.2) is 0 Å². The van der Waals surface area contributed by atoms with E-state index >= 15 is 0 Å². The van der Waals surface area contributed by atoms with Crippen molar-refractivity contribution < 1.29 is 18.0 Å². The number of nitrogens with one attached hydrogen (secondary N) is 1. The van der Waals surface area contributed by atoms with Gasteiger partial charge in [-0.15, -0.1) is 0 Å². The zero-order valence-corrected chi connectivity index (χ0v) is 12.8. The van der Waals surface area contributed by atoms with Crippen LogP contribution in [0.2, 0.25) is 0 Å². The van der Waals surface area contributed by atoms with E-state index < -0.39 is 17.6 Å². The highest BCUT2D eigenvalue weighted by Crippen LogP contribution is 2.34. The van der Waals surface area contributed by atoms with E-state index in [1.807, 2.05) is 4.90 Å². The third kappa shape index (κ3) is 3.84. The second-order valence-corrected chi connectivity index (χ2v) is 6.16. The molecular weight excluding hydrogens is 307 g/mol. The van der Waals surface area contributed by atoms with Gasteiger partial charge in [-0.25, -0.2) is 0 Å². The van der Waals surface area contributed by atoms with Crippen molar-refractivity contribution >= 4 is 11.6 Å². The summed E-state index contributed by atoms with van der Waals surface area (Å²) in [6.45, 7) is 3.77. The molecule has 0 saturated carbocycles. The Kier molecular flexibility index (Phi) is 4.59. The topological polar surface area (TPSA) is 35.6 Å². The Morgan fingerprint density at radius 3 is 2.78 bits per heavy atom. The van der Waals surface area contributed by atoms with Crippen LogP contribution in [0.4, 0.5) is 18.9 Å². The predicted molar refractivity (Wildman–Crippen MR) is 81.1 cm³/mol. The molecule has 1 aromatic rings. The first kappa shape index (κ1) is 16.3. The lowest BCUT2D eigenvalue weighted by molar-refractivity contribution is -0.137. The number of rotatable bonds is 3. The van der Waals surface area contributed by atoms with Crippen molar-refractivity contribution in [2.24, 2.45) is 0 Å². The molecule has 0 radical (unpaired) electrons. The average molecular weight is 327 g/mol. The molecule has 4 nitrogen and oxygen atoms in total. The molecule has 2 aliphatic heterocycles. The third-order valence-corrected chi connectivity index (χ3v) is 4.55. The summed E-state index contributed by atoms with van der Waals surface area (Å²) in [7, 11) is 0. The lowest BCUT2D eigenvalue weighted by Gasteiger charge is -2.37. The summed E-state index contributed by atoms with van der Waals surface area (Å²) in [5, 5.41) is 2.41. The number of para-hydroxylation sites is 1. The van der Waals surface area contributed by atoms with E-state index in [0.717, 1.165) is 38.7 Å². The lowest BCUT2D eigenvalue weighted by atomic mass is 10.1. The monoisotopic (exact) mass is 327 g/mol. The number of benzene rings is 1. The fourth-order valence-corrected chi connectivity index (χ4v) is 3.43. The number of amides is 1. The number of carbonyl (C=O) groups is 1. The molecule has 2 saturated heterocycles. The number of hydrogen-bond donors (Lipinski definition) is 1. The molecule has 0 aliphatic carbocycles. The second-order valence-electron chi connectivity index (χ2n) is 6.16. The van der Waals surface area contributed by atoms with Crippen molar-refractivity contribution in [3.8, 4) is 0 Å². The smallest absolute Gasteiger partial charge is 0.324 e. The normalized spacial score (nSPS) is 22.8. The zero-order valence-electron chi connectivity index (χ0n) is 12.8. The van der Waals surface area contributed by atoms with E-state index in [1.54, 1.807) is 0 Å². The van der Waals surface area contributed by atoms with Gasteiger partial charge in [-0.1, -0.05) is 12.1 Å². The minimum Gasteiger partial charge on any atom is -0.324 e. The van der Waals surface area contributed by atoms with Crippen molar-refractivity contribution in [1.29, 1.82) is 0 Å². The quantitative estimate of drug-likeness (QED) is 0.926. The van der Waals surface area contributed by atoms with Crippen molar-refractivity contribution in [2.75, 3.05) is 38.0 Å². The number of halogens is 3. The number of hydrogen-bond acceptors (Lipinski definition) is 3. The van der Waals surface area contributed by atoms with Gasteiger partial charge in [-0.05, 0) is 31.5 Å². The Hall–Kier alpha value is -1.60. The van der Waals surface area contributed by atoms with Crippen LogP contribution < -0.4 is 5.32 Å². The molecule has 23 heavy (non-hydrogen) atoms. The molecule has 1 aromatic carbocycles. The maximum absolute atomic E-state index is 12.9. The highest BCUT2D eigenvalue weighted by molar-refractivity contribution is 5.93. The predicted octanol–water partition coefficient (Wildman–Crippen LogP) is 2.42. The van der Waals surface area contributed by atoms with Crippen LogP contribution in [-0.4, -0.2) is 54.5 Å². The van der Waals surface area contributed by atoms with Gasteiger partial charge in [0, 0.05) is 25.7 Å². The standard InChI is InChI=1S/C16H20F3N3O/c17-16(18,19)13-5-1-2-6-14(13)20-15(23)11-21-8-9-22-7-3-4-12(22)10-21/h1-2,5-6,12H,3-4,7-11H2,(H,20,23). The maximum atomic E-state index is 12.9. The minimum atomic E-state index is -4.47. The van der Waals surface area contributed by atoms with Crippen LogP contribution in [0, 0.1) is 0 Å². The molecule has 1 amide bonds. The fraction of sp³-hybridized carbons (Fsp3) is 0.562. The van der Waals surface area contributed by atoms with Gasteiger partial charge in [-0.3, -0.25) is 14.6 Å². The summed E-state index contributed by atoms with van der Waals surface area (Å²) in [6, 6.07) is 5.56. The molecule has 2 heterocycles. The first-order chi connectivity index (χ1) is 10.9. The summed E-state index contributed by atoms with van der Waals surface area (Å²) >= 11 is 0. The molecule has 0 bridgehead atoms. The van der Waals surface area contributed by atoms with Crippen LogP contribution in [0.15, 0.2) is 24.3 Å². The second kappa shape index (κ2) is 6.49. The molecule has 7 heteroatoms. The molecular formula is C16H20F3N3O. The van der Waals surface area contributed by atoms with Gasteiger partial charge < -0.3 is 5.32 Å². The van der Waals surface area contributed by atoms with Crippen LogP contribution in [0.3, 0.4) is 0 Å². The van der Waals surface area contributed by atoms with E-state index in [9.17, 15) is 18.0 Å². The highest BCUT2D eigenvalue weighted by Gasteiger charge is 2.34. The van der Waals surface area contributed by atoms with Gasteiger partial charge in [-0.2, -0.15) is 13.2 Å². The Labute approximate surface area is 133 Å². The van der Waals surface area contributed by atoms with E-state index in [-0.39, 0.29) is 12.2 Å². The van der Waals surface area contributed by atoms with Gasteiger partial charge in [0.25, 0.3) is 0 Å². The molecule has 3 rings (SSSR count). The number of carbonyl (C=O) groups excluding carboxylic acids is 1. The Balaban J connectivity index is 1.60. The SMILES string of the molecule is O=C(CN1CCN2CCCC2C1)Nc1ccccc1C(F)(F)F. The van der Waals surface area contributed by atoms with Crippen LogP contribution in [0.25, 0.3) is 0 Å². The maximum Gasteiger partial charge on any atom is 0.418 e. The van der Waals surface area contributed by atoms with Gasteiger partial charge >= 0.3 is 6.18 Å². The Morgan fingerprint density at radius 1 is 1.22 bits per heavy atom. The van der Waals surface area contributed by atoms with Crippen LogP contribution >= 0.6 is 0 Å². The van der Waals surface area contributed by atoms with Crippen LogP contribution in [-0.2, 0) is 11.0 Å². The van der Waals surface area contributed by atoms with E-state index in [1.165, 1.54) is 24.6 Å². The first-order valence-electron chi connectivity index (χ1n) is 7.86. The molecule has 1 unspecified atom stereocenters. The molecule has 2 aliphatic rings. The summed E-state index contributed by atoms with van der Waals surface area (Å²) in [5.41, 5.74) is -0.988. The zero-order chi connectivity index (χ0) is 16.4. The Bertz CT molecular complexity index is 576. The third-order valence-electron chi connectivity index (χ3n) is 4.55. The molecule has 1 N–H and O–H groups in total. The molecule has 2 fully saturated rings. The lowest BCUT2D eigenvalue weighted by Crippen LogP contribution is -2.51. The largest absolute Gasteiger partial charge is 0.418 e. The average Bonchev–Trinajstić information content (AvgIpc) is 2.94. The summed E-state index contributed by atoms with van der Waals surface area (Å²) in [5.74, 6) is -0.395. The summed E-state index contributed by atoms with van der Waals surface area (Å²) in [4.78, 5) is 16.6. The van der Waals surface area contributed by atoms with Crippen molar-refractivity contribution in [3.05, 3.63) is 29.8 Å². The fourth-order valence-electron chi connectivity index (χ4n) is 3.43. The number of nitrogens with zero attached hydrogens (tertiary/aromatic N) is 2. The minimum absolute atomic E-state index is 0.135. The molecule has 0 aromatic heterocycles. The first-order valence-corrected chi connectivity index (χ1v) is 7.86. The highest BCUT2D eigenvalue weighted by atomic mass is 19.4. The van der Waals surface area contributed by atoms with E-state index in [0.29, 0.717) is 6.04 Å². The molecule has 126 valence electrons. The molecule has 0 spiro atoms. The summed E-state index contributed by atoms with van der Waals surface area (Å²) < 4.78 is 38.8. The number of alkyl halides is 3. The van der Waals surface area contributed by atoms with Gasteiger partial charge in [0.2, 0.25) is 5.91 Å². The number of piperazine rings is 1. The van der Waals surface area contributed by atoms with Crippen molar-refractivity contribution in [2.45, 2.75) is 25.1 Å². The Morgan fingerprint density at radius 2 is 2.00 bits per heavy atom. The van der Waals surface area contributed by atoms with Gasteiger partial charge in [0.1, 0.15) is 0 Å². The number of fused-ring (bicyclic) bond motifs is 1. The van der Waals surface area contributed by atoms with Crippen LogP contribution in [0.5, 0.6) is 0 Å². The molecule has 1 atom stereocenters. The van der Waals surface area contributed by atoms with Gasteiger partial charge in [0.05, 0.1) is 17.8 Å².